The number of nitriles is 1. The van der Waals surface area contributed by atoms with E-state index in [9.17, 15) is 14.9 Å². The third-order valence-corrected chi connectivity index (χ3v) is 5.18. The average Bonchev–Trinajstić information content (AvgIpc) is 2.59. The molecule has 0 unspecified atom stereocenters. The Morgan fingerprint density at radius 2 is 2.12 bits per heavy atom. The van der Waals surface area contributed by atoms with Gasteiger partial charge in [-0.1, -0.05) is 31.2 Å². The molecule has 0 bridgehead atoms. The molecule has 0 aliphatic carbocycles. The first-order chi connectivity index (χ1) is 11.5. The molecule has 6 heteroatoms. The highest BCUT2D eigenvalue weighted by molar-refractivity contribution is 8.03. The van der Waals surface area contributed by atoms with E-state index in [4.69, 9.17) is 4.74 Å². The predicted molar refractivity (Wildman–Crippen MR) is 93.0 cm³/mol. The summed E-state index contributed by atoms with van der Waals surface area (Å²) in [5.74, 6) is -1.96. The monoisotopic (exact) mass is 344 g/mol. The maximum absolute atomic E-state index is 12.6. The smallest absolute Gasteiger partial charge is 0.319 e. The Morgan fingerprint density at radius 1 is 1.42 bits per heavy atom. The molecular weight excluding hydrogens is 324 g/mol. The van der Waals surface area contributed by atoms with Crippen molar-refractivity contribution >= 4 is 23.6 Å². The highest BCUT2D eigenvalue weighted by atomic mass is 32.2. The van der Waals surface area contributed by atoms with Gasteiger partial charge < -0.3 is 10.1 Å². The van der Waals surface area contributed by atoms with Gasteiger partial charge in [0.05, 0.1) is 23.8 Å². The fourth-order valence-corrected chi connectivity index (χ4v) is 3.70. The molecule has 0 radical (unpaired) electrons. The Bertz CT molecular complexity index is 721. The molecule has 1 aliphatic rings. The quantitative estimate of drug-likeness (QED) is 0.656. The number of carbonyl (C=O) groups excluding carboxylic acids is 2. The molecular formula is C18H20N2O3S. The third-order valence-electron chi connectivity index (χ3n) is 3.96. The van der Waals surface area contributed by atoms with Crippen molar-refractivity contribution in [3.05, 3.63) is 46.0 Å². The van der Waals surface area contributed by atoms with Crippen LogP contribution in [-0.2, 0) is 14.3 Å². The molecule has 126 valence electrons. The van der Waals surface area contributed by atoms with E-state index in [0.717, 1.165) is 23.3 Å². The van der Waals surface area contributed by atoms with Gasteiger partial charge in [0.2, 0.25) is 5.91 Å². The molecule has 1 heterocycles. The van der Waals surface area contributed by atoms with E-state index < -0.39 is 23.7 Å². The van der Waals surface area contributed by atoms with Crippen LogP contribution in [0.25, 0.3) is 0 Å². The summed E-state index contributed by atoms with van der Waals surface area (Å²) in [6, 6.07) is 9.70. The molecule has 2 atom stereocenters. The fourth-order valence-electron chi connectivity index (χ4n) is 2.80. The van der Waals surface area contributed by atoms with Crippen LogP contribution in [0.4, 0.5) is 0 Å². The van der Waals surface area contributed by atoms with E-state index in [1.807, 2.05) is 38.1 Å². The zero-order valence-corrected chi connectivity index (χ0v) is 14.8. The van der Waals surface area contributed by atoms with E-state index in [0.29, 0.717) is 10.6 Å². The van der Waals surface area contributed by atoms with Gasteiger partial charge in [0.1, 0.15) is 5.92 Å². The molecule has 1 amide bonds. The topological polar surface area (TPSA) is 79.2 Å². The molecule has 0 spiro atoms. The molecule has 0 saturated carbocycles. The van der Waals surface area contributed by atoms with Crippen molar-refractivity contribution in [1.29, 1.82) is 5.26 Å². The Kier molecular flexibility index (Phi) is 6.04. The largest absolute Gasteiger partial charge is 0.468 e. The minimum atomic E-state index is -1.06. The van der Waals surface area contributed by atoms with E-state index in [1.165, 1.54) is 18.9 Å². The van der Waals surface area contributed by atoms with Crippen LogP contribution in [0.3, 0.4) is 0 Å². The molecule has 1 aromatic carbocycles. The number of hydrogen-bond donors (Lipinski definition) is 1. The van der Waals surface area contributed by atoms with Crippen LogP contribution < -0.4 is 5.32 Å². The lowest BCUT2D eigenvalue weighted by Gasteiger charge is -2.31. The Hall–Kier alpha value is -2.26. The number of esters is 1. The highest BCUT2D eigenvalue weighted by Crippen LogP contribution is 2.41. The van der Waals surface area contributed by atoms with Crippen molar-refractivity contribution in [1.82, 2.24) is 5.32 Å². The number of benzene rings is 1. The standard InChI is InChI=1S/C18H20N2O3S/c1-4-9-24-17-13(10-19)14(12-8-6-5-7-11(12)2)15(16(21)20-17)18(22)23-3/h5-8,14-15H,4,9H2,1-3H3,(H,20,21)/t14-,15-/m1/s1. The molecule has 24 heavy (non-hydrogen) atoms. The van der Waals surface area contributed by atoms with E-state index in [-0.39, 0.29) is 0 Å². The number of nitrogens with one attached hydrogen (secondary N) is 1. The molecule has 1 aromatic rings. The second kappa shape index (κ2) is 8.02. The Balaban J connectivity index is 2.63. The van der Waals surface area contributed by atoms with Crippen molar-refractivity contribution in [2.75, 3.05) is 12.9 Å². The van der Waals surface area contributed by atoms with Crippen LogP contribution in [-0.4, -0.2) is 24.7 Å². The van der Waals surface area contributed by atoms with Crippen molar-refractivity contribution in [2.45, 2.75) is 26.2 Å². The summed E-state index contributed by atoms with van der Waals surface area (Å²) in [6.07, 6.45) is 0.915. The normalized spacial score (nSPS) is 20.3. The number of aryl methyl sites for hydroxylation is 1. The van der Waals surface area contributed by atoms with Gasteiger partial charge in [-0.2, -0.15) is 5.26 Å². The lowest BCUT2D eigenvalue weighted by Crippen LogP contribution is -2.44. The second-order valence-electron chi connectivity index (χ2n) is 5.53. The van der Waals surface area contributed by atoms with Crippen molar-refractivity contribution in [2.24, 2.45) is 5.92 Å². The Morgan fingerprint density at radius 3 is 2.71 bits per heavy atom. The van der Waals surface area contributed by atoms with Crippen LogP contribution in [0.1, 0.15) is 30.4 Å². The zero-order valence-electron chi connectivity index (χ0n) is 14.0. The van der Waals surface area contributed by atoms with Crippen molar-refractivity contribution < 1.29 is 14.3 Å². The number of hydrogen-bond acceptors (Lipinski definition) is 5. The van der Waals surface area contributed by atoms with Crippen LogP contribution in [0.15, 0.2) is 34.9 Å². The van der Waals surface area contributed by atoms with Crippen LogP contribution in [0, 0.1) is 24.2 Å². The maximum atomic E-state index is 12.6. The lowest BCUT2D eigenvalue weighted by atomic mass is 9.77. The molecule has 2 rings (SSSR count). The molecule has 1 aliphatic heterocycles. The van der Waals surface area contributed by atoms with Gasteiger partial charge in [-0.3, -0.25) is 9.59 Å². The van der Waals surface area contributed by atoms with Gasteiger partial charge in [0.25, 0.3) is 0 Å². The predicted octanol–water partition coefficient (Wildman–Crippen LogP) is 2.88. The first kappa shape index (κ1) is 18.1. The highest BCUT2D eigenvalue weighted by Gasteiger charge is 2.44. The third kappa shape index (κ3) is 3.46. The maximum Gasteiger partial charge on any atom is 0.319 e. The molecule has 5 nitrogen and oxygen atoms in total. The zero-order chi connectivity index (χ0) is 17.7. The number of methoxy groups -OCH3 is 1. The number of carbonyl (C=O) groups is 2. The lowest BCUT2D eigenvalue weighted by molar-refractivity contribution is -0.150. The summed E-state index contributed by atoms with van der Waals surface area (Å²) in [4.78, 5) is 24.8. The van der Waals surface area contributed by atoms with Gasteiger partial charge in [-0.05, 0) is 30.2 Å². The Labute approximate surface area is 146 Å². The summed E-state index contributed by atoms with van der Waals surface area (Å²) in [5.41, 5.74) is 2.14. The number of ether oxygens (including phenoxy) is 1. The minimum Gasteiger partial charge on any atom is -0.468 e. The molecule has 0 saturated heterocycles. The summed E-state index contributed by atoms with van der Waals surface area (Å²) in [5, 5.41) is 13.0. The number of amides is 1. The van der Waals surface area contributed by atoms with Crippen LogP contribution in [0.2, 0.25) is 0 Å². The molecule has 0 fully saturated rings. The van der Waals surface area contributed by atoms with Gasteiger partial charge in [-0.15, -0.1) is 11.8 Å². The first-order valence-electron chi connectivity index (χ1n) is 7.76. The first-order valence-corrected chi connectivity index (χ1v) is 8.75. The second-order valence-corrected chi connectivity index (χ2v) is 6.63. The SMILES string of the molecule is CCCSC1=C(C#N)[C@@H](c2ccccc2C)[C@@H](C(=O)OC)C(=O)N1. The number of allylic oxidation sites excluding steroid dienone is 1. The van der Waals surface area contributed by atoms with Gasteiger partial charge in [0.15, 0.2) is 0 Å². The van der Waals surface area contributed by atoms with Crippen molar-refractivity contribution in [3.8, 4) is 6.07 Å². The van der Waals surface area contributed by atoms with Crippen molar-refractivity contribution in [3.63, 3.8) is 0 Å². The molecule has 0 aromatic heterocycles. The minimum absolute atomic E-state index is 0.415. The fraction of sp³-hybridized carbons (Fsp3) is 0.389. The van der Waals surface area contributed by atoms with Gasteiger partial charge in [0, 0.05) is 5.92 Å². The van der Waals surface area contributed by atoms with Crippen LogP contribution in [0.5, 0.6) is 0 Å². The van der Waals surface area contributed by atoms with Gasteiger partial charge in [-0.25, -0.2) is 0 Å². The van der Waals surface area contributed by atoms with Gasteiger partial charge >= 0.3 is 5.97 Å². The summed E-state index contributed by atoms with van der Waals surface area (Å²) in [6.45, 7) is 3.93. The number of nitrogens with zero attached hydrogens (tertiary/aromatic N) is 1. The number of thioether (sulfide) groups is 1. The summed E-state index contributed by atoms with van der Waals surface area (Å²) >= 11 is 1.43. The van der Waals surface area contributed by atoms with E-state index in [1.54, 1.807) is 0 Å². The van der Waals surface area contributed by atoms with E-state index in [2.05, 4.69) is 11.4 Å². The average molecular weight is 344 g/mol. The van der Waals surface area contributed by atoms with Crippen LogP contribution >= 0.6 is 11.8 Å². The number of rotatable bonds is 5. The molecule has 1 N–H and O–H groups in total. The van der Waals surface area contributed by atoms with E-state index >= 15 is 0 Å². The summed E-state index contributed by atoms with van der Waals surface area (Å²) < 4.78 is 4.82. The summed E-state index contributed by atoms with van der Waals surface area (Å²) in [7, 11) is 1.25.